The van der Waals surface area contributed by atoms with Crippen LogP contribution in [0.4, 0.5) is 0 Å². The normalized spacial score (nSPS) is 13.5. The highest BCUT2D eigenvalue weighted by Gasteiger charge is 2.49. The molecule has 0 spiro atoms. The van der Waals surface area contributed by atoms with Gasteiger partial charge in [0.2, 0.25) is 0 Å². The first-order valence-corrected chi connectivity index (χ1v) is 11.3. The molecule has 0 aromatic heterocycles. The highest BCUT2D eigenvalue weighted by atomic mass is 28.4. The molecular formula is C19H38O8Si. The van der Waals surface area contributed by atoms with Gasteiger partial charge in [0.1, 0.15) is 0 Å². The predicted octanol–water partition coefficient (Wildman–Crippen LogP) is 4.67. The number of carbonyl (C=O) groups is 1. The molecule has 0 radical (unpaired) electrons. The van der Waals surface area contributed by atoms with Gasteiger partial charge in [0, 0.05) is 11.6 Å². The summed E-state index contributed by atoms with van der Waals surface area (Å²) in [6, 6.07) is 0.235. The molecule has 166 valence electrons. The molecule has 9 heteroatoms. The Morgan fingerprint density at radius 1 is 0.786 bits per heavy atom. The van der Waals surface area contributed by atoms with E-state index >= 15 is 0 Å². The van der Waals surface area contributed by atoms with Gasteiger partial charge in [0.05, 0.1) is 23.4 Å². The summed E-state index contributed by atoms with van der Waals surface area (Å²) >= 11 is 0. The van der Waals surface area contributed by atoms with Gasteiger partial charge in [-0.1, -0.05) is 6.58 Å². The van der Waals surface area contributed by atoms with E-state index in [0.29, 0.717) is 12.0 Å². The molecule has 0 saturated carbocycles. The van der Waals surface area contributed by atoms with Crippen LogP contribution in [0.3, 0.4) is 0 Å². The molecule has 0 aliphatic heterocycles. The summed E-state index contributed by atoms with van der Waals surface area (Å²) in [5.41, 5.74) is -1.50. The average Bonchev–Trinajstić information content (AvgIpc) is 2.49. The molecule has 0 aliphatic rings. The Morgan fingerprint density at radius 3 is 1.43 bits per heavy atom. The van der Waals surface area contributed by atoms with Crippen LogP contribution in [0.1, 0.15) is 75.7 Å². The molecule has 0 rings (SSSR count). The molecule has 28 heavy (non-hydrogen) atoms. The second-order valence-corrected chi connectivity index (χ2v) is 11.9. The lowest BCUT2D eigenvalue weighted by atomic mass is 10.2. The molecule has 8 nitrogen and oxygen atoms in total. The topological polar surface area (TPSA) is 81.7 Å². The average molecular weight is 423 g/mol. The van der Waals surface area contributed by atoms with Crippen LogP contribution in [0.5, 0.6) is 0 Å². The summed E-state index contributed by atoms with van der Waals surface area (Å²) < 4.78 is 22.0. The maximum Gasteiger partial charge on any atom is 0.584 e. The van der Waals surface area contributed by atoms with Crippen LogP contribution in [0.2, 0.25) is 6.04 Å². The summed E-state index contributed by atoms with van der Waals surface area (Å²) in [5.74, 6) is -0.460. The lowest BCUT2D eigenvalue weighted by Gasteiger charge is -2.33. The number of hydrogen-bond acceptors (Lipinski definition) is 8. The number of esters is 1. The number of rotatable bonds is 11. The standard InChI is InChI=1S/C19H38O8Si/c1-15(2)16(20)21-13-12-14-28(25-22-17(3,4)5,26-23-18(6,7)8)27-24-19(9,10)11/h1,12-14H2,2-11H3. The van der Waals surface area contributed by atoms with Crippen molar-refractivity contribution >= 4 is 14.8 Å². The Labute approximate surface area is 170 Å². The lowest BCUT2D eigenvalue weighted by molar-refractivity contribution is -0.410. The molecule has 0 unspecified atom stereocenters. The lowest BCUT2D eigenvalue weighted by Crippen LogP contribution is -2.50. The third-order valence-electron chi connectivity index (χ3n) is 2.46. The molecule has 0 aliphatic carbocycles. The number of carbonyl (C=O) groups excluding carboxylic acids is 1. The molecule has 0 heterocycles. The molecular weight excluding hydrogens is 384 g/mol. The Kier molecular flexibility index (Phi) is 10.5. The quantitative estimate of drug-likeness (QED) is 0.119. The van der Waals surface area contributed by atoms with Crippen molar-refractivity contribution < 1.29 is 37.9 Å². The molecule has 0 aromatic carbocycles. The first kappa shape index (κ1) is 27.2. The fourth-order valence-corrected chi connectivity index (χ4v) is 3.35. The maximum absolute atomic E-state index is 11.6. The van der Waals surface area contributed by atoms with Crippen molar-refractivity contribution in [3.8, 4) is 0 Å². The molecule has 0 N–H and O–H groups in total. The second-order valence-electron chi connectivity index (χ2n) is 9.54. The maximum atomic E-state index is 11.6. The van der Waals surface area contributed by atoms with Crippen LogP contribution in [-0.4, -0.2) is 38.2 Å². The first-order chi connectivity index (χ1) is 12.4. The third-order valence-corrected chi connectivity index (χ3v) is 4.44. The molecule has 0 fully saturated rings. The SMILES string of the molecule is C=C(C)C(=O)OCCC[Si](OOC(C)(C)C)(OOC(C)(C)C)OOC(C)(C)C. The van der Waals surface area contributed by atoms with Crippen LogP contribution >= 0.6 is 0 Å². The van der Waals surface area contributed by atoms with E-state index in [0.717, 1.165) is 0 Å². The Morgan fingerprint density at radius 2 is 1.14 bits per heavy atom. The van der Waals surface area contributed by atoms with Gasteiger partial charge in [0.15, 0.2) is 0 Å². The highest BCUT2D eigenvalue weighted by Crippen LogP contribution is 2.26. The second kappa shape index (κ2) is 10.8. The predicted molar refractivity (Wildman–Crippen MR) is 107 cm³/mol. The fraction of sp³-hybridized carbons (Fsp3) is 0.842. The van der Waals surface area contributed by atoms with E-state index in [1.807, 2.05) is 62.3 Å². The first-order valence-electron chi connectivity index (χ1n) is 9.38. The van der Waals surface area contributed by atoms with E-state index in [2.05, 4.69) is 6.58 Å². The van der Waals surface area contributed by atoms with E-state index in [1.165, 1.54) is 0 Å². The van der Waals surface area contributed by atoms with Crippen molar-refractivity contribution in [2.45, 2.75) is 98.5 Å². The van der Waals surface area contributed by atoms with E-state index in [9.17, 15) is 4.79 Å². The van der Waals surface area contributed by atoms with Gasteiger partial charge in [-0.2, -0.15) is 0 Å². The minimum atomic E-state index is -3.60. The summed E-state index contributed by atoms with van der Waals surface area (Å²) in [7, 11) is -3.60. The van der Waals surface area contributed by atoms with Gasteiger partial charge < -0.3 is 4.74 Å². The molecule has 0 bridgehead atoms. The Bertz CT molecular complexity index is 454. The van der Waals surface area contributed by atoms with Crippen molar-refractivity contribution in [1.82, 2.24) is 0 Å². The van der Waals surface area contributed by atoms with Crippen molar-refractivity contribution in [3.63, 3.8) is 0 Å². The van der Waals surface area contributed by atoms with Crippen LogP contribution < -0.4 is 0 Å². The monoisotopic (exact) mass is 422 g/mol. The van der Waals surface area contributed by atoms with Crippen molar-refractivity contribution in [1.29, 1.82) is 0 Å². The van der Waals surface area contributed by atoms with Crippen LogP contribution in [0.15, 0.2) is 12.2 Å². The molecule has 0 aromatic rings. The van der Waals surface area contributed by atoms with E-state index in [-0.39, 0.29) is 12.7 Å². The number of hydrogen-bond donors (Lipinski definition) is 0. The molecule has 0 saturated heterocycles. The van der Waals surface area contributed by atoms with Crippen LogP contribution in [0, 0.1) is 0 Å². The minimum absolute atomic E-state index is 0.136. The van der Waals surface area contributed by atoms with Gasteiger partial charge in [-0.3, -0.25) is 0 Å². The minimum Gasteiger partial charge on any atom is -0.462 e. The van der Waals surface area contributed by atoms with Crippen molar-refractivity contribution in [2.75, 3.05) is 6.61 Å². The van der Waals surface area contributed by atoms with Crippen LogP contribution in [-0.2, 0) is 37.9 Å². The zero-order chi connectivity index (χ0) is 22.2. The van der Waals surface area contributed by atoms with E-state index in [4.69, 9.17) is 33.1 Å². The summed E-state index contributed by atoms with van der Waals surface area (Å²) in [5, 5.41) is 0. The summed E-state index contributed by atoms with van der Waals surface area (Å²) in [6.07, 6.45) is 0.389. The van der Waals surface area contributed by atoms with E-state index in [1.54, 1.807) is 6.92 Å². The van der Waals surface area contributed by atoms with E-state index < -0.39 is 31.6 Å². The summed E-state index contributed by atoms with van der Waals surface area (Å²) in [4.78, 5) is 28.0. The number of ether oxygens (including phenoxy) is 1. The van der Waals surface area contributed by atoms with Crippen LogP contribution in [0.25, 0.3) is 0 Å². The Hall–Kier alpha value is -0.813. The summed E-state index contributed by atoms with van der Waals surface area (Å²) in [6.45, 7) is 21.7. The van der Waals surface area contributed by atoms with Gasteiger partial charge in [-0.25, -0.2) is 33.2 Å². The van der Waals surface area contributed by atoms with Gasteiger partial charge in [-0.05, 0) is 75.7 Å². The van der Waals surface area contributed by atoms with Gasteiger partial charge in [0.25, 0.3) is 0 Å². The van der Waals surface area contributed by atoms with Gasteiger partial charge >= 0.3 is 14.8 Å². The third kappa shape index (κ3) is 14.2. The zero-order valence-corrected chi connectivity index (χ0v) is 20.1. The molecule has 0 atom stereocenters. The van der Waals surface area contributed by atoms with Crippen molar-refractivity contribution in [3.05, 3.63) is 12.2 Å². The van der Waals surface area contributed by atoms with Crippen molar-refractivity contribution in [2.24, 2.45) is 0 Å². The smallest absolute Gasteiger partial charge is 0.462 e. The zero-order valence-electron chi connectivity index (χ0n) is 19.1. The highest BCUT2D eigenvalue weighted by molar-refractivity contribution is 6.59. The molecule has 0 amide bonds. The van der Waals surface area contributed by atoms with Gasteiger partial charge in [-0.15, -0.1) is 0 Å². The fourth-order valence-electron chi connectivity index (χ4n) is 1.31. The Balaban J connectivity index is 5.28. The largest absolute Gasteiger partial charge is 0.584 e.